The number of piperidine rings is 1. The number of rotatable bonds is 8. The number of benzene rings is 2. The number of amides is 1. The molecule has 9 heteroatoms. The Balaban J connectivity index is 1.38. The first-order valence-electron chi connectivity index (χ1n) is 11.0. The van der Waals surface area contributed by atoms with E-state index in [1.807, 2.05) is 12.1 Å². The van der Waals surface area contributed by atoms with Gasteiger partial charge in [-0.05, 0) is 67.0 Å². The molecule has 2 aliphatic rings. The van der Waals surface area contributed by atoms with Crippen LogP contribution in [-0.2, 0) is 6.54 Å². The normalized spacial score (nSPS) is 18.2. The van der Waals surface area contributed by atoms with E-state index in [2.05, 4.69) is 9.62 Å². The molecule has 0 aromatic heterocycles. The Bertz CT molecular complexity index is 1010. The van der Waals surface area contributed by atoms with Gasteiger partial charge in [0.15, 0.2) is 0 Å². The maximum absolute atomic E-state index is 14.6. The molecule has 0 atom stereocenters. The van der Waals surface area contributed by atoms with Crippen LogP contribution in [0.15, 0.2) is 30.3 Å². The van der Waals surface area contributed by atoms with Crippen molar-refractivity contribution in [2.45, 2.75) is 43.7 Å². The molecule has 2 fully saturated rings. The second kappa shape index (κ2) is 10.4. The summed E-state index contributed by atoms with van der Waals surface area (Å²) in [6.07, 6.45) is 4.76. The molecule has 0 spiro atoms. The smallest absolute Gasteiger partial charge is 0.264 e. The van der Waals surface area contributed by atoms with Gasteiger partial charge in [0.2, 0.25) is 0 Å². The minimum absolute atomic E-state index is 0.0201. The fourth-order valence-electron chi connectivity index (χ4n) is 4.18. The molecular weight excluding hydrogens is 486 g/mol. The Morgan fingerprint density at radius 2 is 1.88 bits per heavy atom. The van der Waals surface area contributed by atoms with Crippen LogP contribution in [0.1, 0.15) is 53.1 Å². The number of hydrogen-bond acceptors (Lipinski definition) is 5. The minimum Gasteiger partial charge on any atom is -0.490 e. The van der Waals surface area contributed by atoms with Gasteiger partial charge in [-0.3, -0.25) is 14.4 Å². The predicted octanol–water partition coefficient (Wildman–Crippen LogP) is 5.42. The molecule has 2 aromatic carbocycles. The Labute approximate surface area is 207 Å². The summed E-state index contributed by atoms with van der Waals surface area (Å²) >= 11 is 13.3. The molecule has 1 amide bonds. The summed E-state index contributed by atoms with van der Waals surface area (Å²) in [5, 5.41) is 12.3. The number of likely N-dealkylation sites (tertiary alicyclic amines) is 1. The first-order chi connectivity index (χ1) is 15.8. The predicted molar refractivity (Wildman–Crippen MR) is 131 cm³/mol. The van der Waals surface area contributed by atoms with Gasteiger partial charge in [-0.2, -0.15) is 0 Å². The number of nitrogens with one attached hydrogen (secondary N) is 1. The number of nitrogens with zero attached hydrogens (tertiary/aromatic N) is 1. The third-order valence-electron chi connectivity index (χ3n) is 6.17. The summed E-state index contributed by atoms with van der Waals surface area (Å²) in [5.74, 6) is -0.397. The molecule has 0 radical (unpaired) electrons. The lowest BCUT2D eigenvalue weighted by Gasteiger charge is -2.38. The number of carbonyl (C=O) groups excluding carboxylic acids is 1. The number of halogens is 3. The van der Waals surface area contributed by atoms with Crippen LogP contribution in [-0.4, -0.2) is 47.5 Å². The van der Waals surface area contributed by atoms with Gasteiger partial charge in [-0.1, -0.05) is 35.1 Å². The van der Waals surface area contributed by atoms with Gasteiger partial charge in [0.05, 0.1) is 5.56 Å². The van der Waals surface area contributed by atoms with Crippen molar-refractivity contribution in [2.75, 3.05) is 26.0 Å². The quantitative estimate of drug-likeness (QED) is 0.462. The first-order valence-corrected chi connectivity index (χ1v) is 12.9. The summed E-state index contributed by atoms with van der Waals surface area (Å²) in [4.78, 5) is 14.4. The highest BCUT2D eigenvalue weighted by molar-refractivity contribution is 7.97. The molecule has 1 aliphatic heterocycles. The van der Waals surface area contributed by atoms with Gasteiger partial charge in [-0.25, -0.2) is 4.39 Å². The van der Waals surface area contributed by atoms with Crippen LogP contribution >= 0.6 is 35.1 Å². The molecule has 2 aromatic rings. The summed E-state index contributed by atoms with van der Waals surface area (Å²) in [7, 11) is 0. The van der Waals surface area contributed by atoms with E-state index in [9.17, 15) is 14.3 Å². The average Bonchev–Trinajstić information content (AvgIpc) is 3.59. The second-order valence-corrected chi connectivity index (χ2v) is 10.3. The van der Waals surface area contributed by atoms with E-state index in [1.165, 1.54) is 6.07 Å². The van der Waals surface area contributed by atoms with E-state index >= 15 is 0 Å². The van der Waals surface area contributed by atoms with E-state index in [0.29, 0.717) is 48.3 Å². The lowest BCUT2D eigenvalue weighted by atomic mass is 9.92. The van der Waals surface area contributed by atoms with Gasteiger partial charge in [0.1, 0.15) is 23.8 Å². The van der Waals surface area contributed by atoms with Gasteiger partial charge < -0.3 is 9.84 Å². The maximum atomic E-state index is 14.6. The zero-order chi connectivity index (χ0) is 23.6. The molecule has 178 valence electrons. The summed E-state index contributed by atoms with van der Waals surface area (Å²) in [6.45, 7) is 2.18. The maximum Gasteiger partial charge on any atom is 0.264 e. The molecule has 0 unspecified atom stereocenters. The minimum atomic E-state index is -0.991. The molecule has 2 N–H and O–H groups in total. The molecule has 33 heavy (non-hydrogen) atoms. The fourth-order valence-corrected chi connectivity index (χ4v) is 5.04. The Morgan fingerprint density at radius 3 is 2.48 bits per heavy atom. The van der Waals surface area contributed by atoms with Crippen LogP contribution in [0.5, 0.6) is 5.75 Å². The van der Waals surface area contributed by atoms with Gasteiger partial charge in [-0.15, -0.1) is 0 Å². The fraction of sp³-hybridized carbons (Fsp3) is 0.458. The van der Waals surface area contributed by atoms with E-state index < -0.39 is 17.3 Å². The van der Waals surface area contributed by atoms with Crippen molar-refractivity contribution in [3.05, 3.63) is 62.9 Å². The standard InChI is InChI=1S/C24H27Cl2FN2O3S/c1-33-28-23(30)20-11-19(16-2-3-16)22(12-21(20)27)32-14-24(31)4-6-29(7-5-24)13-15-8-17(25)10-18(26)9-15/h8-12,16,31H,2-7,13-14H2,1H3,(H,28,30). The monoisotopic (exact) mass is 512 g/mol. The molecule has 5 nitrogen and oxygen atoms in total. The Morgan fingerprint density at radius 1 is 1.21 bits per heavy atom. The van der Waals surface area contributed by atoms with Crippen LogP contribution < -0.4 is 9.46 Å². The highest BCUT2D eigenvalue weighted by atomic mass is 35.5. The third kappa shape index (κ3) is 6.34. The number of hydrogen-bond donors (Lipinski definition) is 2. The van der Waals surface area contributed by atoms with Crippen LogP contribution in [0.4, 0.5) is 4.39 Å². The highest BCUT2D eigenvalue weighted by Gasteiger charge is 2.35. The summed E-state index contributed by atoms with van der Waals surface area (Å²) in [6, 6.07) is 8.38. The number of ether oxygens (including phenoxy) is 1. The van der Waals surface area contributed by atoms with Crippen molar-refractivity contribution >= 4 is 41.1 Å². The molecule has 1 saturated heterocycles. The lowest BCUT2D eigenvalue weighted by molar-refractivity contribution is -0.0539. The van der Waals surface area contributed by atoms with E-state index in [-0.39, 0.29) is 18.1 Å². The van der Waals surface area contributed by atoms with Crippen molar-refractivity contribution in [1.29, 1.82) is 0 Å². The third-order valence-corrected chi connectivity index (χ3v) is 6.99. The SMILES string of the molecule is CSNC(=O)c1cc(C2CC2)c(OCC2(O)CCN(Cc3cc(Cl)cc(Cl)c3)CC2)cc1F. The van der Waals surface area contributed by atoms with Gasteiger partial charge >= 0.3 is 0 Å². The molecule has 4 rings (SSSR count). The summed E-state index contributed by atoms with van der Waals surface area (Å²) < 4.78 is 23.2. The molecule has 1 saturated carbocycles. The van der Waals surface area contributed by atoms with Crippen LogP contribution in [0, 0.1) is 5.82 Å². The zero-order valence-corrected chi connectivity index (χ0v) is 20.7. The Hall–Kier alpha value is -1.51. The van der Waals surface area contributed by atoms with Crippen molar-refractivity contribution in [3.63, 3.8) is 0 Å². The average molecular weight is 513 g/mol. The van der Waals surface area contributed by atoms with E-state index in [1.54, 1.807) is 18.4 Å². The largest absolute Gasteiger partial charge is 0.490 e. The topological polar surface area (TPSA) is 61.8 Å². The Kier molecular flexibility index (Phi) is 7.76. The van der Waals surface area contributed by atoms with E-state index in [0.717, 1.165) is 35.9 Å². The molecule has 1 aliphatic carbocycles. The first kappa shape index (κ1) is 24.6. The second-order valence-electron chi connectivity index (χ2n) is 8.85. The van der Waals surface area contributed by atoms with Crippen molar-refractivity contribution in [1.82, 2.24) is 9.62 Å². The number of carbonyl (C=O) groups is 1. The van der Waals surface area contributed by atoms with Crippen LogP contribution in [0.3, 0.4) is 0 Å². The summed E-state index contributed by atoms with van der Waals surface area (Å²) in [5.41, 5.74) is 0.895. The van der Waals surface area contributed by atoms with Crippen molar-refractivity contribution in [3.8, 4) is 5.75 Å². The van der Waals surface area contributed by atoms with Crippen LogP contribution in [0.25, 0.3) is 0 Å². The van der Waals surface area contributed by atoms with Gasteiger partial charge in [0.25, 0.3) is 5.91 Å². The zero-order valence-electron chi connectivity index (χ0n) is 18.4. The van der Waals surface area contributed by atoms with Crippen molar-refractivity contribution < 1.29 is 19.0 Å². The number of aliphatic hydroxyl groups is 1. The van der Waals surface area contributed by atoms with Gasteiger partial charge in [0, 0.05) is 42.0 Å². The molecule has 0 bridgehead atoms. The lowest BCUT2D eigenvalue weighted by Crippen LogP contribution is -2.47. The van der Waals surface area contributed by atoms with Crippen molar-refractivity contribution in [2.24, 2.45) is 0 Å². The van der Waals surface area contributed by atoms with Crippen LogP contribution in [0.2, 0.25) is 10.0 Å². The van der Waals surface area contributed by atoms with E-state index in [4.69, 9.17) is 27.9 Å². The molecular formula is C24H27Cl2FN2O3S. The molecule has 1 heterocycles. The highest BCUT2D eigenvalue weighted by Crippen LogP contribution is 2.45.